The average Bonchev–Trinajstić information content (AvgIpc) is 2.80. The Balaban J connectivity index is 2.12. The Bertz CT molecular complexity index is 559. The van der Waals surface area contributed by atoms with Gasteiger partial charge in [-0.25, -0.2) is 0 Å². The molecule has 6 heteroatoms. The van der Waals surface area contributed by atoms with Crippen molar-refractivity contribution in [3.63, 3.8) is 0 Å². The van der Waals surface area contributed by atoms with Crippen LogP contribution in [0, 0.1) is 13.8 Å². The van der Waals surface area contributed by atoms with Crippen LogP contribution in [0.4, 0.5) is 0 Å². The SMILES string of the molecule is CCOc1c(C)cc(C=NN=C2NC(=O)CS2)cc1C. The number of hydrogen-bond donors (Lipinski definition) is 1. The molecule has 1 saturated heterocycles. The maximum Gasteiger partial charge on any atom is 0.236 e. The van der Waals surface area contributed by atoms with Crippen LogP contribution in [-0.4, -0.2) is 29.6 Å². The molecule has 1 fully saturated rings. The van der Waals surface area contributed by atoms with E-state index in [0.29, 0.717) is 17.5 Å². The third-order valence-electron chi connectivity index (χ3n) is 2.71. The van der Waals surface area contributed by atoms with E-state index >= 15 is 0 Å². The van der Waals surface area contributed by atoms with Gasteiger partial charge in [-0.05, 0) is 49.6 Å². The number of ether oxygens (including phenoxy) is 1. The van der Waals surface area contributed by atoms with Gasteiger partial charge in [-0.2, -0.15) is 5.10 Å². The van der Waals surface area contributed by atoms with Crippen molar-refractivity contribution in [2.45, 2.75) is 20.8 Å². The number of amidine groups is 1. The summed E-state index contributed by atoms with van der Waals surface area (Å²) < 4.78 is 5.60. The van der Waals surface area contributed by atoms with Gasteiger partial charge >= 0.3 is 0 Å². The summed E-state index contributed by atoms with van der Waals surface area (Å²) in [5.41, 5.74) is 3.11. The molecule has 20 heavy (non-hydrogen) atoms. The Morgan fingerprint density at radius 3 is 2.65 bits per heavy atom. The summed E-state index contributed by atoms with van der Waals surface area (Å²) in [6, 6.07) is 4.00. The van der Waals surface area contributed by atoms with Crippen LogP contribution in [0.15, 0.2) is 22.3 Å². The lowest BCUT2D eigenvalue weighted by Crippen LogP contribution is -2.19. The predicted molar refractivity (Wildman–Crippen MR) is 82.7 cm³/mol. The number of carbonyl (C=O) groups excluding carboxylic acids is 1. The number of aryl methyl sites for hydroxylation is 2. The molecule has 0 saturated carbocycles. The van der Waals surface area contributed by atoms with Gasteiger partial charge in [0.25, 0.3) is 0 Å². The quantitative estimate of drug-likeness (QED) is 0.683. The summed E-state index contributed by atoms with van der Waals surface area (Å²) in [5.74, 6) is 1.31. The van der Waals surface area contributed by atoms with Crippen LogP contribution in [0.25, 0.3) is 0 Å². The molecule has 1 aromatic carbocycles. The van der Waals surface area contributed by atoms with Crippen LogP contribution >= 0.6 is 11.8 Å². The molecule has 1 aromatic rings. The van der Waals surface area contributed by atoms with Crippen molar-refractivity contribution in [2.24, 2.45) is 10.2 Å². The molecular formula is C14H17N3O2S. The molecule has 0 spiro atoms. The van der Waals surface area contributed by atoms with Crippen LogP contribution < -0.4 is 10.1 Å². The lowest BCUT2D eigenvalue weighted by molar-refractivity contribution is -0.116. The largest absolute Gasteiger partial charge is 0.493 e. The molecule has 5 nitrogen and oxygen atoms in total. The van der Waals surface area contributed by atoms with E-state index in [1.807, 2.05) is 32.9 Å². The smallest absolute Gasteiger partial charge is 0.236 e. The van der Waals surface area contributed by atoms with E-state index in [0.717, 1.165) is 22.4 Å². The number of nitrogens with one attached hydrogen (secondary N) is 1. The van der Waals surface area contributed by atoms with Crippen molar-refractivity contribution in [3.8, 4) is 5.75 Å². The highest BCUT2D eigenvalue weighted by Gasteiger charge is 2.15. The van der Waals surface area contributed by atoms with Crippen molar-refractivity contribution in [3.05, 3.63) is 28.8 Å². The van der Waals surface area contributed by atoms with Gasteiger partial charge in [0.2, 0.25) is 5.91 Å². The minimum atomic E-state index is -0.0308. The topological polar surface area (TPSA) is 63.1 Å². The van der Waals surface area contributed by atoms with Gasteiger partial charge in [-0.1, -0.05) is 11.8 Å². The van der Waals surface area contributed by atoms with Gasteiger partial charge in [0.15, 0.2) is 5.17 Å². The number of nitrogens with zero attached hydrogens (tertiary/aromatic N) is 2. The summed E-state index contributed by atoms with van der Waals surface area (Å²) in [4.78, 5) is 11.0. The van der Waals surface area contributed by atoms with Gasteiger partial charge in [0.05, 0.1) is 18.6 Å². The molecule has 0 unspecified atom stereocenters. The minimum absolute atomic E-state index is 0.0308. The average molecular weight is 291 g/mol. The molecule has 0 radical (unpaired) electrons. The summed E-state index contributed by atoms with van der Waals surface area (Å²) in [7, 11) is 0. The second-order valence-electron chi connectivity index (χ2n) is 4.40. The molecule has 1 N–H and O–H groups in total. The highest BCUT2D eigenvalue weighted by Crippen LogP contribution is 2.24. The Kier molecular flexibility index (Phi) is 4.79. The molecule has 0 bridgehead atoms. The number of benzene rings is 1. The summed E-state index contributed by atoms with van der Waals surface area (Å²) >= 11 is 1.36. The highest BCUT2D eigenvalue weighted by molar-refractivity contribution is 8.15. The first kappa shape index (κ1) is 14.6. The van der Waals surface area contributed by atoms with E-state index in [2.05, 4.69) is 15.5 Å². The van der Waals surface area contributed by atoms with Gasteiger partial charge in [-0.15, -0.1) is 5.10 Å². The van der Waals surface area contributed by atoms with Gasteiger partial charge in [0.1, 0.15) is 5.75 Å². The molecule has 106 valence electrons. The van der Waals surface area contributed by atoms with Crippen molar-refractivity contribution >= 4 is 29.1 Å². The Labute approximate surface area is 122 Å². The van der Waals surface area contributed by atoms with E-state index in [9.17, 15) is 4.79 Å². The number of rotatable bonds is 4. The van der Waals surface area contributed by atoms with Crippen LogP contribution in [0.2, 0.25) is 0 Å². The summed E-state index contributed by atoms with van der Waals surface area (Å²) in [6.07, 6.45) is 1.67. The van der Waals surface area contributed by atoms with Gasteiger partial charge in [0, 0.05) is 0 Å². The Morgan fingerprint density at radius 1 is 1.40 bits per heavy atom. The monoisotopic (exact) mass is 291 g/mol. The number of hydrogen-bond acceptors (Lipinski definition) is 5. The first-order valence-corrected chi connectivity index (χ1v) is 7.36. The Hall–Kier alpha value is -1.82. The van der Waals surface area contributed by atoms with Gasteiger partial charge in [-0.3, -0.25) is 4.79 Å². The first-order chi connectivity index (χ1) is 9.60. The molecule has 0 aromatic heterocycles. The molecule has 1 aliphatic heterocycles. The van der Waals surface area contributed by atoms with E-state index in [1.54, 1.807) is 6.21 Å². The molecule has 1 heterocycles. The van der Waals surface area contributed by atoms with Crippen LogP contribution in [0.5, 0.6) is 5.75 Å². The first-order valence-electron chi connectivity index (χ1n) is 6.38. The van der Waals surface area contributed by atoms with Crippen molar-refractivity contribution < 1.29 is 9.53 Å². The van der Waals surface area contributed by atoms with Gasteiger partial charge < -0.3 is 10.1 Å². The van der Waals surface area contributed by atoms with Crippen LogP contribution in [0.3, 0.4) is 0 Å². The van der Waals surface area contributed by atoms with E-state index < -0.39 is 0 Å². The fourth-order valence-electron chi connectivity index (χ4n) is 1.96. The van der Waals surface area contributed by atoms with E-state index in [1.165, 1.54) is 11.8 Å². The maximum atomic E-state index is 11.0. The molecule has 1 aliphatic rings. The molecule has 0 atom stereocenters. The third kappa shape index (κ3) is 3.60. The zero-order chi connectivity index (χ0) is 14.5. The zero-order valence-electron chi connectivity index (χ0n) is 11.8. The standard InChI is InChI=1S/C14H17N3O2S/c1-4-19-13-9(2)5-11(6-10(13)3)7-15-17-14-16-12(18)8-20-14/h5-7H,4,8H2,1-3H3,(H,16,17,18). The second kappa shape index (κ2) is 6.56. The zero-order valence-corrected chi connectivity index (χ0v) is 12.6. The van der Waals surface area contributed by atoms with Crippen LogP contribution in [-0.2, 0) is 4.79 Å². The number of amides is 1. The van der Waals surface area contributed by atoms with Crippen molar-refractivity contribution in [1.82, 2.24) is 5.32 Å². The lowest BCUT2D eigenvalue weighted by Gasteiger charge is -2.11. The third-order valence-corrected chi connectivity index (χ3v) is 3.58. The minimum Gasteiger partial charge on any atom is -0.493 e. The maximum absolute atomic E-state index is 11.0. The van der Waals surface area contributed by atoms with Crippen LogP contribution in [0.1, 0.15) is 23.6 Å². The van der Waals surface area contributed by atoms with Crippen molar-refractivity contribution in [1.29, 1.82) is 0 Å². The molecule has 1 amide bonds. The molecule has 2 rings (SSSR count). The number of carbonyl (C=O) groups is 1. The fraction of sp³-hybridized carbons (Fsp3) is 0.357. The normalized spacial score (nSPS) is 16.9. The predicted octanol–water partition coefficient (Wildman–Crippen LogP) is 2.26. The van der Waals surface area contributed by atoms with Crippen molar-refractivity contribution in [2.75, 3.05) is 12.4 Å². The number of thioether (sulfide) groups is 1. The van der Waals surface area contributed by atoms with E-state index in [4.69, 9.17) is 4.74 Å². The summed E-state index contributed by atoms with van der Waals surface area (Å²) in [6.45, 7) is 6.64. The highest BCUT2D eigenvalue weighted by atomic mass is 32.2. The lowest BCUT2D eigenvalue weighted by atomic mass is 10.1. The Morgan fingerprint density at radius 2 is 2.10 bits per heavy atom. The summed E-state index contributed by atoms with van der Waals surface area (Å²) in [5, 5.41) is 11.2. The molecular weight excluding hydrogens is 274 g/mol. The van der Waals surface area contributed by atoms with E-state index in [-0.39, 0.29) is 5.91 Å². The molecule has 0 aliphatic carbocycles. The second-order valence-corrected chi connectivity index (χ2v) is 5.37. The fourth-order valence-corrected chi connectivity index (χ4v) is 2.59.